The first kappa shape index (κ1) is 26.1. The second-order valence-electron chi connectivity index (χ2n) is 6.69. The number of halogens is 3. The van der Waals surface area contributed by atoms with Crippen LogP contribution in [0.5, 0.6) is 0 Å². The molecule has 3 aliphatic heterocycles. The Bertz CT molecular complexity index is 987. The second kappa shape index (κ2) is 8.33. The molecule has 21 heteroatoms. The number of ether oxygens (including phenoxy) is 1. The molecule has 1 fully saturated rings. The van der Waals surface area contributed by atoms with Gasteiger partial charge in [-0.1, -0.05) is 0 Å². The number of aliphatic carboxylic acids is 1. The van der Waals surface area contributed by atoms with Crippen LogP contribution in [0.3, 0.4) is 0 Å². The van der Waals surface area contributed by atoms with E-state index in [-0.39, 0.29) is 11.9 Å². The van der Waals surface area contributed by atoms with Gasteiger partial charge in [0.15, 0.2) is 23.7 Å². The van der Waals surface area contributed by atoms with Crippen molar-refractivity contribution in [1.82, 2.24) is 10.2 Å². The zero-order chi connectivity index (χ0) is 25.6. The van der Waals surface area contributed by atoms with Gasteiger partial charge in [-0.3, -0.25) is 4.55 Å². The molecule has 3 rings (SSSR count). The van der Waals surface area contributed by atoms with Crippen LogP contribution >= 0.6 is 0 Å². The molecule has 17 nitrogen and oxygen atoms in total. The topological polar surface area (TPSA) is 286 Å². The van der Waals surface area contributed by atoms with E-state index in [2.05, 4.69) is 24.2 Å². The molecule has 0 saturated carbocycles. The van der Waals surface area contributed by atoms with Gasteiger partial charge in [-0.2, -0.15) is 21.6 Å². The van der Waals surface area contributed by atoms with E-state index < -0.39 is 71.4 Å². The second-order valence-corrected chi connectivity index (χ2v) is 7.74. The average Bonchev–Trinajstić information content (AvgIpc) is 3.08. The van der Waals surface area contributed by atoms with Gasteiger partial charge in [-0.25, -0.2) is 23.8 Å². The fraction of sp³-hybridized carbons (Fsp3) is 0.667. The lowest BCUT2D eigenvalue weighted by Crippen LogP contribution is -2.77. The van der Waals surface area contributed by atoms with Crippen LogP contribution in [0.15, 0.2) is 9.98 Å². The van der Waals surface area contributed by atoms with E-state index in [0.717, 1.165) is 4.90 Å². The van der Waals surface area contributed by atoms with Crippen LogP contribution < -0.4 is 22.5 Å². The first-order chi connectivity index (χ1) is 14.8. The number of nitrogens with one attached hydrogen (secondary N) is 1. The number of aliphatic hydroxyl groups is 2. The van der Waals surface area contributed by atoms with Crippen molar-refractivity contribution in [3.05, 3.63) is 0 Å². The van der Waals surface area contributed by atoms with E-state index in [1.807, 2.05) is 0 Å². The maximum Gasteiger partial charge on any atom is 0.490 e. The first-order valence-electron chi connectivity index (χ1n) is 8.38. The van der Waals surface area contributed by atoms with Crippen LogP contribution in [0.4, 0.5) is 18.0 Å². The minimum Gasteiger partial charge on any atom is -0.475 e. The quantitative estimate of drug-likeness (QED) is 0.131. The van der Waals surface area contributed by atoms with E-state index in [1.165, 1.54) is 0 Å². The Morgan fingerprint density at radius 1 is 1.27 bits per heavy atom. The van der Waals surface area contributed by atoms with Crippen molar-refractivity contribution in [2.24, 2.45) is 27.2 Å². The average molecular weight is 509 g/mol. The molecule has 33 heavy (non-hydrogen) atoms. The number of nitrogens with two attached hydrogens (primary N) is 3. The van der Waals surface area contributed by atoms with Gasteiger partial charge in [0.1, 0.15) is 18.7 Å². The molecule has 0 aromatic heterocycles. The molecule has 3 heterocycles. The molecule has 11 N–H and O–H groups in total. The number of alkyl halides is 3. The fourth-order valence-corrected chi connectivity index (χ4v) is 3.94. The Kier molecular flexibility index (Phi) is 6.59. The highest BCUT2D eigenvalue weighted by Gasteiger charge is 2.74. The fourth-order valence-electron chi connectivity index (χ4n) is 3.45. The van der Waals surface area contributed by atoms with Crippen molar-refractivity contribution in [3.63, 3.8) is 0 Å². The third kappa shape index (κ3) is 4.95. The van der Waals surface area contributed by atoms with Gasteiger partial charge >= 0.3 is 28.6 Å². The van der Waals surface area contributed by atoms with Crippen LogP contribution in [0.2, 0.25) is 0 Å². The zero-order valence-corrected chi connectivity index (χ0v) is 16.8. The number of aliphatic imine (C=N–C) groups is 2. The van der Waals surface area contributed by atoms with Crippen molar-refractivity contribution >= 4 is 34.4 Å². The lowest BCUT2D eigenvalue weighted by molar-refractivity contribution is -0.252. The van der Waals surface area contributed by atoms with Crippen molar-refractivity contribution in [3.8, 4) is 0 Å². The number of carbonyl (C=O) groups is 2. The molecule has 0 aromatic rings. The van der Waals surface area contributed by atoms with Gasteiger partial charge in [0.25, 0.3) is 0 Å². The third-order valence-corrected chi connectivity index (χ3v) is 5.10. The molecule has 1 spiro atoms. The number of nitrogens with zero attached hydrogens (tertiary/aromatic N) is 3. The number of guanidine groups is 2. The number of hydrogen-bond donors (Lipinski definition) is 8. The maximum absolute atomic E-state index is 11.0. The van der Waals surface area contributed by atoms with Gasteiger partial charge < -0.3 is 47.5 Å². The lowest BCUT2D eigenvalue weighted by Gasteiger charge is -2.48. The van der Waals surface area contributed by atoms with Gasteiger partial charge in [0.2, 0.25) is 5.79 Å². The molecule has 0 aromatic carbocycles. The number of primary amides is 1. The summed E-state index contributed by atoms with van der Waals surface area (Å²) in [5.74, 6) is -6.20. The Hall–Kier alpha value is -3.14. The summed E-state index contributed by atoms with van der Waals surface area (Å²) in [5.41, 5.74) is 14.4. The van der Waals surface area contributed by atoms with Gasteiger partial charge in [-0.15, -0.1) is 0 Å². The van der Waals surface area contributed by atoms with Crippen molar-refractivity contribution in [2.45, 2.75) is 35.8 Å². The van der Waals surface area contributed by atoms with Crippen molar-refractivity contribution in [1.29, 1.82) is 0 Å². The minimum atomic E-state index is -5.08. The Morgan fingerprint density at radius 2 is 1.82 bits per heavy atom. The van der Waals surface area contributed by atoms with Gasteiger partial charge in [-0.05, 0) is 0 Å². The van der Waals surface area contributed by atoms with E-state index in [1.54, 1.807) is 0 Å². The Morgan fingerprint density at radius 3 is 2.27 bits per heavy atom. The SMILES string of the molecule is NC(=O)OC[C@@H]1N=C(N)N2C[C@H](OS(=O)(=O)O)C(O)(O)[C@@]23NC(N)=N[C@@H]13.O=C(O)C(F)(F)F. The largest absolute Gasteiger partial charge is 0.490 e. The summed E-state index contributed by atoms with van der Waals surface area (Å²) in [6, 6.07) is -2.19. The molecule has 188 valence electrons. The summed E-state index contributed by atoms with van der Waals surface area (Å²) >= 11 is 0. The molecule has 0 radical (unpaired) electrons. The molecule has 0 unspecified atom stereocenters. The van der Waals surface area contributed by atoms with Crippen LogP contribution in [0, 0.1) is 0 Å². The predicted molar refractivity (Wildman–Crippen MR) is 96.2 cm³/mol. The molecule has 3 aliphatic rings. The summed E-state index contributed by atoms with van der Waals surface area (Å²) in [6.07, 6.45) is -8.05. The molecule has 4 atom stereocenters. The smallest absolute Gasteiger partial charge is 0.475 e. The molecule has 0 bridgehead atoms. The van der Waals surface area contributed by atoms with E-state index in [9.17, 15) is 36.6 Å². The highest BCUT2D eigenvalue weighted by molar-refractivity contribution is 7.80. The van der Waals surface area contributed by atoms with Crippen LogP contribution in [-0.4, -0.2) is 106 Å². The summed E-state index contributed by atoms with van der Waals surface area (Å²) in [7, 11) is -5.03. The monoisotopic (exact) mass is 509 g/mol. The zero-order valence-electron chi connectivity index (χ0n) is 16.0. The van der Waals surface area contributed by atoms with E-state index in [0.29, 0.717) is 0 Å². The number of amides is 1. The minimum absolute atomic E-state index is 0.228. The van der Waals surface area contributed by atoms with Gasteiger partial charge in [0, 0.05) is 0 Å². The number of carboxylic acids is 1. The van der Waals surface area contributed by atoms with Crippen molar-refractivity contribution < 1.29 is 60.0 Å². The Balaban J connectivity index is 0.000000479. The summed E-state index contributed by atoms with van der Waals surface area (Å²) in [5, 5.41) is 31.0. The lowest BCUT2D eigenvalue weighted by atomic mass is 9.86. The Labute approximate surface area is 181 Å². The number of hydrogen-bond acceptors (Lipinski definition) is 14. The van der Waals surface area contributed by atoms with Crippen molar-refractivity contribution in [2.75, 3.05) is 13.2 Å². The first-order valence-corrected chi connectivity index (χ1v) is 9.74. The highest BCUT2D eigenvalue weighted by Crippen LogP contribution is 2.45. The molecule has 1 saturated heterocycles. The molecular formula is C12H18F3N7O10S. The van der Waals surface area contributed by atoms with E-state index >= 15 is 0 Å². The standard InChI is InChI=1S/C10H17N7O8S.C2HF3O2/c11-6-15-5-3(2-24-8(13)18)14-7(12)17-1-4(25-26(21,22)23)10(19,20)9(5,17)16-6;3-2(4,5)1(6)7/h3-5,19-20H,1-2H2,(H2,12,14)(H2,13,18)(H3,11,15,16)(H,21,22,23);(H,6,7)/t3-,4-,5-,9-;/m0./s1. The summed E-state index contributed by atoms with van der Waals surface area (Å²) in [4.78, 5) is 28.9. The van der Waals surface area contributed by atoms with Crippen LogP contribution in [0.25, 0.3) is 0 Å². The van der Waals surface area contributed by atoms with Crippen LogP contribution in [0.1, 0.15) is 0 Å². The maximum atomic E-state index is 11.0. The number of carbonyl (C=O) groups excluding carboxylic acids is 1. The van der Waals surface area contributed by atoms with Gasteiger partial charge in [0.05, 0.1) is 6.54 Å². The summed E-state index contributed by atoms with van der Waals surface area (Å²) < 4.78 is 71.8. The third-order valence-electron chi connectivity index (χ3n) is 4.62. The van der Waals surface area contributed by atoms with E-state index in [4.69, 9.17) is 31.7 Å². The molecule has 0 aliphatic carbocycles. The number of rotatable bonds is 4. The normalized spacial score (nSPS) is 30.0. The predicted octanol–water partition coefficient (Wildman–Crippen LogP) is -4.42. The highest BCUT2D eigenvalue weighted by atomic mass is 32.3. The summed E-state index contributed by atoms with van der Waals surface area (Å²) in [6.45, 7) is -0.896. The molecular weight excluding hydrogens is 491 g/mol. The molecule has 1 amide bonds. The number of carboxylic acid groups (broad SMARTS) is 1. The van der Waals surface area contributed by atoms with Crippen LogP contribution in [-0.2, 0) is 24.1 Å².